The molecule has 2 rings (SSSR count). The topological polar surface area (TPSA) is 75.3 Å². The van der Waals surface area contributed by atoms with Crippen molar-refractivity contribution in [1.29, 1.82) is 0 Å². The number of hydrogen-bond acceptors (Lipinski definition) is 3. The van der Waals surface area contributed by atoms with E-state index in [4.69, 9.17) is 16.7 Å². The highest BCUT2D eigenvalue weighted by molar-refractivity contribution is 6.32. The number of benzene rings is 1. The van der Waals surface area contributed by atoms with Gasteiger partial charge in [0, 0.05) is 12.6 Å². The lowest BCUT2D eigenvalue weighted by Crippen LogP contribution is -1.99. The summed E-state index contributed by atoms with van der Waals surface area (Å²) in [6, 6.07) is 4.92. The molecule has 0 amide bonds. The van der Waals surface area contributed by atoms with Gasteiger partial charge in [0.05, 0.1) is 10.7 Å². The van der Waals surface area contributed by atoms with Gasteiger partial charge in [-0.3, -0.25) is 4.68 Å². The third-order valence-electron chi connectivity index (χ3n) is 3.13. The molecule has 0 fully saturated rings. The molecule has 1 heterocycles. The molecule has 1 aromatic heterocycles. The zero-order valence-corrected chi connectivity index (χ0v) is 12.1. The summed E-state index contributed by atoms with van der Waals surface area (Å²) in [5, 5.41) is 23.2. The summed E-state index contributed by atoms with van der Waals surface area (Å²) >= 11 is 6.04. The van der Waals surface area contributed by atoms with Gasteiger partial charge in [0.1, 0.15) is 5.75 Å². The largest absolute Gasteiger partial charge is 0.506 e. The first kappa shape index (κ1) is 14.4. The first-order chi connectivity index (χ1) is 9.31. The van der Waals surface area contributed by atoms with Crippen LogP contribution in [-0.4, -0.2) is 26.0 Å². The maximum Gasteiger partial charge on any atom is 0.356 e. The summed E-state index contributed by atoms with van der Waals surface area (Å²) in [5.41, 5.74) is 1.86. The van der Waals surface area contributed by atoms with Crippen LogP contribution in [0.25, 0.3) is 11.3 Å². The first-order valence-electron chi connectivity index (χ1n) is 6.11. The van der Waals surface area contributed by atoms with Crippen LogP contribution in [0.2, 0.25) is 5.02 Å². The fourth-order valence-electron chi connectivity index (χ4n) is 1.97. The predicted octanol–water partition coefficient (Wildman–Crippen LogP) is 3.27. The van der Waals surface area contributed by atoms with Crippen molar-refractivity contribution in [3.63, 3.8) is 0 Å². The zero-order chi connectivity index (χ0) is 15.0. The summed E-state index contributed by atoms with van der Waals surface area (Å²) < 4.78 is 1.42. The van der Waals surface area contributed by atoms with E-state index in [9.17, 15) is 9.90 Å². The lowest BCUT2D eigenvalue weighted by atomic mass is 9.98. The summed E-state index contributed by atoms with van der Waals surface area (Å²) in [6.07, 6.45) is 0. The number of aromatic hydroxyl groups is 1. The minimum absolute atomic E-state index is 0.0731. The van der Waals surface area contributed by atoms with Crippen LogP contribution in [0.3, 0.4) is 0 Å². The highest BCUT2D eigenvalue weighted by Gasteiger charge is 2.18. The molecule has 2 aromatic rings. The molecule has 0 bridgehead atoms. The zero-order valence-electron chi connectivity index (χ0n) is 11.4. The van der Waals surface area contributed by atoms with Gasteiger partial charge in [-0.05, 0) is 29.7 Å². The normalized spacial score (nSPS) is 11.1. The van der Waals surface area contributed by atoms with Gasteiger partial charge in [-0.2, -0.15) is 5.10 Å². The Labute approximate surface area is 121 Å². The molecule has 0 spiro atoms. The molecule has 2 N–H and O–H groups in total. The van der Waals surface area contributed by atoms with E-state index in [2.05, 4.69) is 5.10 Å². The SMILES string of the molecule is CC(C)c1cc(Cl)c(O)c(-c2cc(C(=O)O)nn2C)c1. The van der Waals surface area contributed by atoms with E-state index < -0.39 is 5.97 Å². The monoisotopic (exact) mass is 294 g/mol. The van der Waals surface area contributed by atoms with E-state index in [1.807, 2.05) is 13.8 Å². The average molecular weight is 295 g/mol. The lowest BCUT2D eigenvalue weighted by molar-refractivity contribution is 0.0689. The number of aryl methyl sites for hydroxylation is 1. The molecule has 0 aliphatic rings. The fraction of sp³-hybridized carbons (Fsp3) is 0.286. The van der Waals surface area contributed by atoms with Crippen LogP contribution in [0.15, 0.2) is 18.2 Å². The number of aromatic carboxylic acids is 1. The molecule has 106 valence electrons. The molecule has 20 heavy (non-hydrogen) atoms. The summed E-state index contributed by atoms with van der Waals surface area (Å²) in [5.74, 6) is -0.951. The number of carboxylic acid groups (broad SMARTS) is 1. The van der Waals surface area contributed by atoms with Crippen molar-refractivity contribution < 1.29 is 15.0 Å². The minimum atomic E-state index is -1.11. The summed E-state index contributed by atoms with van der Waals surface area (Å²) in [6.45, 7) is 4.02. The molecule has 0 radical (unpaired) electrons. The molecule has 0 aliphatic carbocycles. The highest BCUT2D eigenvalue weighted by atomic mass is 35.5. The Morgan fingerprint density at radius 1 is 1.35 bits per heavy atom. The Hall–Kier alpha value is -2.01. The van der Waals surface area contributed by atoms with Crippen molar-refractivity contribution in [2.45, 2.75) is 19.8 Å². The number of carbonyl (C=O) groups is 1. The second-order valence-electron chi connectivity index (χ2n) is 4.90. The number of halogens is 1. The van der Waals surface area contributed by atoms with E-state index in [1.165, 1.54) is 10.7 Å². The Balaban J connectivity index is 2.65. The third-order valence-corrected chi connectivity index (χ3v) is 3.42. The van der Waals surface area contributed by atoms with E-state index in [0.29, 0.717) is 11.3 Å². The molecule has 0 unspecified atom stereocenters. The Morgan fingerprint density at radius 3 is 2.50 bits per heavy atom. The van der Waals surface area contributed by atoms with Crippen LogP contribution in [-0.2, 0) is 7.05 Å². The lowest BCUT2D eigenvalue weighted by Gasteiger charge is -2.12. The standard InChI is InChI=1S/C14H15ClN2O3/c1-7(2)8-4-9(13(18)10(15)5-8)12-6-11(14(19)20)16-17(12)3/h4-7,18H,1-3H3,(H,19,20). The average Bonchev–Trinajstić information content (AvgIpc) is 2.74. The smallest absolute Gasteiger partial charge is 0.356 e. The second kappa shape index (κ2) is 5.17. The van der Waals surface area contributed by atoms with Crippen molar-refractivity contribution in [2.75, 3.05) is 0 Å². The summed E-state index contributed by atoms with van der Waals surface area (Å²) in [7, 11) is 1.62. The fourth-order valence-corrected chi connectivity index (χ4v) is 2.20. The summed E-state index contributed by atoms with van der Waals surface area (Å²) in [4.78, 5) is 11.0. The Bertz CT molecular complexity index is 677. The number of phenolic OH excluding ortho intramolecular Hbond substituents is 1. The second-order valence-corrected chi connectivity index (χ2v) is 5.30. The molecule has 1 aromatic carbocycles. The van der Waals surface area contributed by atoms with Crippen molar-refractivity contribution in [2.24, 2.45) is 7.05 Å². The van der Waals surface area contributed by atoms with E-state index in [0.717, 1.165) is 5.56 Å². The predicted molar refractivity (Wildman–Crippen MR) is 76.4 cm³/mol. The molecular weight excluding hydrogens is 280 g/mol. The van der Waals surface area contributed by atoms with Crippen LogP contribution in [0.4, 0.5) is 0 Å². The third kappa shape index (κ3) is 2.49. The quantitative estimate of drug-likeness (QED) is 0.911. The van der Waals surface area contributed by atoms with Gasteiger partial charge in [-0.25, -0.2) is 4.79 Å². The van der Waals surface area contributed by atoms with E-state index in [1.54, 1.807) is 19.2 Å². The van der Waals surface area contributed by atoms with Gasteiger partial charge in [-0.15, -0.1) is 0 Å². The van der Waals surface area contributed by atoms with Crippen molar-refractivity contribution in [3.8, 4) is 17.0 Å². The number of carboxylic acids is 1. The number of hydrogen-bond donors (Lipinski definition) is 2. The molecule has 5 nitrogen and oxygen atoms in total. The molecular formula is C14H15ClN2O3. The Kier molecular flexibility index (Phi) is 3.72. The molecule has 0 atom stereocenters. The minimum Gasteiger partial charge on any atom is -0.506 e. The molecule has 0 saturated heterocycles. The Morgan fingerprint density at radius 2 is 2.00 bits per heavy atom. The van der Waals surface area contributed by atoms with Gasteiger partial charge < -0.3 is 10.2 Å². The number of rotatable bonds is 3. The van der Waals surface area contributed by atoms with Crippen LogP contribution < -0.4 is 0 Å². The number of phenols is 1. The number of nitrogens with zero attached hydrogens (tertiary/aromatic N) is 2. The van der Waals surface area contributed by atoms with Gasteiger partial charge in [0.2, 0.25) is 0 Å². The van der Waals surface area contributed by atoms with E-state index >= 15 is 0 Å². The van der Waals surface area contributed by atoms with Gasteiger partial charge in [0.15, 0.2) is 5.69 Å². The van der Waals surface area contributed by atoms with Crippen LogP contribution in [0.1, 0.15) is 35.8 Å². The number of aromatic nitrogens is 2. The van der Waals surface area contributed by atoms with Crippen LogP contribution in [0, 0.1) is 0 Å². The molecule has 6 heteroatoms. The van der Waals surface area contributed by atoms with E-state index in [-0.39, 0.29) is 22.4 Å². The van der Waals surface area contributed by atoms with Crippen LogP contribution in [0.5, 0.6) is 5.75 Å². The highest BCUT2D eigenvalue weighted by Crippen LogP contribution is 2.38. The van der Waals surface area contributed by atoms with Crippen molar-refractivity contribution in [1.82, 2.24) is 9.78 Å². The van der Waals surface area contributed by atoms with Crippen molar-refractivity contribution >= 4 is 17.6 Å². The first-order valence-corrected chi connectivity index (χ1v) is 6.49. The molecule has 0 aliphatic heterocycles. The van der Waals surface area contributed by atoms with Gasteiger partial charge in [-0.1, -0.05) is 25.4 Å². The molecule has 0 saturated carbocycles. The van der Waals surface area contributed by atoms with Crippen molar-refractivity contribution in [3.05, 3.63) is 34.5 Å². The van der Waals surface area contributed by atoms with Gasteiger partial charge in [0.25, 0.3) is 0 Å². The van der Waals surface area contributed by atoms with Gasteiger partial charge >= 0.3 is 5.97 Å². The maximum absolute atomic E-state index is 11.0. The van der Waals surface area contributed by atoms with Crippen LogP contribution >= 0.6 is 11.6 Å². The maximum atomic E-state index is 11.0.